The molecule has 2 aromatic heterocycles. The number of fused-ring (bicyclic) bond motifs is 2. The Bertz CT molecular complexity index is 1410. The Morgan fingerprint density at radius 2 is 1.94 bits per heavy atom. The number of hydrogen-bond acceptors (Lipinski definition) is 4. The minimum absolute atomic E-state index is 0.0562. The zero-order valence-corrected chi connectivity index (χ0v) is 19.2. The normalized spacial score (nSPS) is 16.9. The standard InChI is InChI=1S/C27H26N6O2/c34-25-11-10-22(31-25)17-6-8-19(9-7-17)30-27(35)32-23-4-1-5-24-21(23)12-14-33(24)16-18-15-29-26-20(18)3-2-13-28-26/h1-9,13,15,22H,10-12,14,16H2,(H,28,29)(H,31,34)(H2,30,32,35). The predicted molar refractivity (Wildman–Crippen MR) is 136 cm³/mol. The summed E-state index contributed by atoms with van der Waals surface area (Å²) in [4.78, 5) is 34.2. The summed E-state index contributed by atoms with van der Waals surface area (Å²) < 4.78 is 0. The van der Waals surface area contributed by atoms with Gasteiger partial charge in [-0.25, -0.2) is 9.78 Å². The minimum Gasteiger partial charge on any atom is -0.367 e. The summed E-state index contributed by atoms with van der Waals surface area (Å²) in [6.07, 6.45) is 6.05. The van der Waals surface area contributed by atoms with Crippen molar-refractivity contribution in [1.82, 2.24) is 15.3 Å². The highest BCUT2D eigenvalue weighted by molar-refractivity contribution is 6.01. The maximum Gasteiger partial charge on any atom is 0.323 e. The Morgan fingerprint density at radius 3 is 2.77 bits per heavy atom. The van der Waals surface area contributed by atoms with Gasteiger partial charge in [-0.2, -0.15) is 0 Å². The quantitative estimate of drug-likeness (QED) is 0.342. The molecule has 8 heteroatoms. The van der Waals surface area contributed by atoms with E-state index in [1.54, 1.807) is 6.20 Å². The zero-order valence-electron chi connectivity index (χ0n) is 19.2. The SMILES string of the molecule is O=C1CCC(c2ccc(NC(=O)Nc3cccc4c3CCN4Cc3c[nH]c4ncccc34)cc2)N1. The molecule has 1 saturated heterocycles. The molecule has 2 aliphatic rings. The number of H-pyrrole nitrogens is 1. The van der Waals surface area contributed by atoms with Gasteiger partial charge < -0.3 is 25.8 Å². The van der Waals surface area contributed by atoms with Crippen molar-refractivity contribution in [1.29, 1.82) is 0 Å². The van der Waals surface area contributed by atoms with Crippen LogP contribution in [0.1, 0.15) is 35.6 Å². The van der Waals surface area contributed by atoms with Crippen molar-refractivity contribution in [2.45, 2.75) is 31.8 Å². The first-order valence-electron chi connectivity index (χ1n) is 11.9. The van der Waals surface area contributed by atoms with Gasteiger partial charge in [-0.3, -0.25) is 4.79 Å². The third-order valence-corrected chi connectivity index (χ3v) is 6.84. The van der Waals surface area contributed by atoms with Crippen LogP contribution in [0.4, 0.5) is 21.9 Å². The lowest BCUT2D eigenvalue weighted by molar-refractivity contribution is -0.119. The topological polar surface area (TPSA) is 102 Å². The van der Waals surface area contributed by atoms with Gasteiger partial charge >= 0.3 is 6.03 Å². The van der Waals surface area contributed by atoms with Gasteiger partial charge in [0, 0.05) is 59.9 Å². The second-order valence-corrected chi connectivity index (χ2v) is 9.05. The molecule has 0 aliphatic carbocycles. The molecule has 0 saturated carbocycles. The van der Waals surface area contributed by atoms with E-state index in [9.17, 15) is 9.59 Å². The van der Waals surface area contributed by atoms with Crippen molar-refractivity contribution in [2.24, 2.45) is 0 Å². The maximum atomic E-state index is 12.7. The van der Waals surface area contributed by atoms with E-state index in [-0.39, 0.29) is 18.0 Å². The number of pyridine rings is 1. The number of carbonyl (C=O) groups excluding carboxylic acids is 2. The van der Waals surface area contributed by atoms with Gasteiger partial charge in [0.25, 0.3) is 0 Å². The van der Waals surface area contributed by atoms with E-state index in [1.807, 2.05) is 48.7 Å². The van der Waals surface area contributed by atoms with Gasteiger partial charge in [0.15, 0.2) is 0 Å². The molecule has 0 radical (unpaired) electrons. The molecule has 1 atom stereocenters. The second-order valence-electron chi connectivity index (χ2n) is 9.05. The summed E-state index contributed by atoms with van der Waals surface area (Å²) in [5.74, 6) is 0.0870. The summed E-state index contributed by atoms with van der Waals surface area (Å²) in [7, 11) is 0. The molecule has 8 nitrogen and oxygen atoms in total. The molecule has 35 heavy (non-hydrogen) atoms. The molecule has 4 heterocycles. The van der Waals surface area contributed by atoms with Gasteiger partial charge in [0.1, 0.15) is 5.65 Å². The van der Waals surface area contributed by atoms with Crippen LogP contribution in [0.2, 0.25) is 0 Å². The number of anilines is 3. The lowest BCUT2D eigenvalue weighted by Gasteiger charge is -2.19. The highest BCUT2D eigenvalue weighted by atomic mass is 16.2. The first kappa shape index (κ1) is 21.2. The zero-order chi connectivity index (χ0) is 23.8. The Labute approximate surface area is 202 Å². The van der Waals surface area contributed by atoms with E-state index in [2.05, 4.69) is 43.0 Å². The van der Waals surface area contributed by atoms with E-state index >= 15 is 0 Å². The van der Waals surface area contributed by atoms with E-state index in [0.29, 0.717) is 12.1 Å². The Hall–Kier alpha value is -4.33. The maximum absolute atomic E-state index is 12.7. The van der Waals surface area contributed by atoms with Crippen LogP contribution >= 0.6 is 0 Å². The fraction of sp³-hybridized carbons (Fsp3) is 0.222. The van der Waals surface area contributed by atoms with Crippen molar-refractivity contribution >= 4 is 40.0 Å². The molecule has 2 aliphatic heterocycles. The number of aromatic nitrogens is 2. The molecule has 0 spiro atoms. The Kier molecular flexibility index (Phi) is 5.33. The summed E-state index contributed by atoms with van der Waals surface area (Å²) in [6, 6.07) is 17.5. The van der Waals surface area contributed by atoms with E-state index in [0.717, 1.165) is 59.5 Å². The molecule has 2 aromatic carbocycles. The number of nitrogens with zero attached hydrogens (tertiary/aromatic N) is 2. The molecular formula is C27H26N6O2. The monoisotopic (exact) mass is 466 g/mol. The molecule has 4 aromatic rings. The first-order chi connectivity index (χ1) is 17.1. The summed E-state index contributed by atoms with van der Waals surface area (Å²) >= 11 is 0. The fourth-order valence-electron chi connectivity index (χ4n) is 5.08. The number of amides is 3. The lowest BCUT2D eigenvalue weighted by atomic mass is 10.1. The van der Waals surface area contributed by atoms with Gasteiger partial charge in [-0.1, -0.05) is 18.2 Å². The number of carbonyl (C=O) groups is 2. The van der Waals surface area contributed by atoms with Gasteiger partial charge in [0.05, 0.1) is 6.04 Å². The smallest absolute Gasteiger partial charge is 0.323 e. The van der Waals surface area contributed by atoms with Crippen LogP contribution in [0, 0.1) is 0 Å². The molecule has 0 bridgehead atoms. The fourth-order valence-corrected chi connectivity index (χ4v) is 5.08. The third-order valence-electron chi connectivity index (χ3n) is 6.84. The summed E-state index contributed by atoms with van der Waals surface area (Å²) in [5, 5.41) is 10.0. The van der Waals surface area contributed by atoms with Crippen molar-refractivity contribution in [3.05, 3.63) is 83.7 Å². The van der Waals surface area contributed by atoms with Crippen molar-refractivity contribution in [3.8, 4) is 0 Å². The Balaban J connectivity index is 1.13. The number of nitrogens with one attached hydrogen (secondary N) is 4. The van der Waals surface area contributed by atoms with E-state index in [1.165, 1.54) is 5.56 Å². The van der Waals surface area contributed by atoms with Crippen LogP contribution in [-0.2, 0) is 17.8 Å². The van der Waals surface area contributed by atoms with Crippen LogP contribution in [0.5, 0.6) is 0 Å². The van der Waals surface area contributed by atoms with Crippen LogP contribution < -0.4 is 20.9 Å². The Morgan fingerprint density at radius 1 is 1.06 bits per heavy atom. The van der Waals surface area contributed by atoms with Crippen molar-refractivity contribution in [3.63, 3.8) is 0 Å². The molecule has 4 N–H and O–H groups in total. The number of hydrogen-bond donors (Lipinski definition) is 4. The molecular weight excluding hydrogens is 440 g/mol. The summed E-state index contributed by atoms with van der Waals surface area (Å²) in [5.41, 5.74) is 6.98. The number of benzene rings is 2. The lowest BCUT2D eigenvalue weighted by Crippen LogP contribution is -2.21. The minimum atomic E-state index is -0.276. The van der Waals surface area contributed by atoms with Crippen LogP contribution in [0.25, 0.3) is 11.0 Å². The van der Waals surface area contributed by atoms with Crippen molar-refractivity contribution < 1.29 is 9.59 Å². The number of aromatic amines is 1. The average molecular weight is 467 g/mol. The molecule has 1 fully saturated rings. The number of rotatable bonds is 5. The average Bonchev–Trinajstić information content (AvgIpc) is 3.60. The molecule has 6 rings (SSSR count). The van der Waals surface area contributed by atoms with E-state index in [4.69, 9.17) is 0 Å². The largest absolute Gasteiger partial charge is 0.367 e. The van der Waals surface area contributed by atoms with Crippen LogP contribution in [0.15, 0.2) is 67.0 Å². The van der Waals surface area contributed by atoms with Crippen LogP contribution in [-0.4, -0.2) is 28.5 Å². The highest BCUT2D eigenvalue weighted by Gasteiger charge is 2.24. The number of urea groups is 1. The molecule has 1 unspecified atom stereocenters. The predicted octanol–water partition coefficient (Wildman–Crippen LogP) is 4.72. The van der Waals surface area contributed by atoms with Gasteiger partial charge in [-0.05, 0) is 60.4 Å². The van der Waals surface area contributed by atoms with Gasteiger partial charge in [0.2, 0.25) is 5.91 Å². The second kappa shape index (κ2) is 8.79. The molecule has 176 valence electrons. The summed E-state index contributed by atoms with van der Waals surface area (Å²) in [6.45, 7) is 1.67. The van der Waals surface area contributed by atoms with Crippen LogP contribution in [0.3, 0.4) is 0 Å². The third kappa shape index (κ3) is 4.19. The molecule has 3 amide bonds. The highest BCUT2D eigenvalue weighted by Crippen LogP contribution is 2.35. The van der Waals surface area contributed by atoms with E-state index < -0.39 is 0 Å². The first-order valence-corrected chi connectivity index (χ1v) is 11.9. The van der Waals surface area contributed by atoms with Crippen molar-refractivity contribution in [2.75, 3.05) is 22.1 Å². The van der Waals surface area contributed by atoms with Gasteiger partial charge in [-0.15, -0.1) is 0 Å².